The monoisotopic (exact) mass is 398 g/mol. The highest BCUT2D eigenvalue weighted by Crippen LogP contribution is 2.23. The molecule has 0 amide bonds. The summed E-state index contributed by atoms with van der Waals surface area (Å²) in [7, 11) is 0. The quantitative estimate of drug-likeness (QED) is 0.717. The van der Waals surface area contributed by atoms with Crippen LogP contribution in [0.15, 0.2) is 41.0 Å². The molecule has 25 heavy (non-hydrogen) atoms. The Hall–Kier alpha value is -1.27. The fraction of sp³-hybridized carbons (Fsp3) is 0.389. The molecule has 1 aromatic heterocycles. The lowest BCUT2D eigenvalue weighted by atomic mass is 10.2. The van der Waals surface area contributed by atoms with Gasteiger partial charge in [-0.25, -0.2) is 0 Å². The van der Waals surface area contributed by atoms with E-state index in [0.717, 1.165) is 30.8 Å². The maximum atomic E-state index is 6.32. The van der Waals surface area contributed by atoms with E-state index in [4.69, 9.17) is 44.6 Å². The standard InChI is InChI=1S/C18H20Cl2N2O2S/c19-14-5-6-17(20)13(9-14)11-22(12-16-4-2-8-24-16)18(25)21-10-15-3-1-7-23-15/h2,4-6,8-9,15H,1,3,7,10-12H2,(H,21,25)/t15-/m1/s1. The van der Waals surface area contributed by atoms with Crippen molar-refractivity contribution in [2.45, 2.75) is 32.0 Å². The minimum atomic E-state index is 0.221. The third-order valence-corrected chi connectivity index (χ3v) is 5.09. The Morgan fingerprint density at radius 1 is 1.28 bits per heavy atom. The number of hydrogen-bond acceptors (Lipinski definition) is 3. The lowest BCUT2D eigenvalue weighted by Gasteiger charge is -2.26. The SMILES string of the molecule is S=C(NC[C@H]1CCCO1)N(Cc1ccco1)Cc1cc(Cl)ccc1Cl. The van der Waals surface area contributed by atoms with Crippen molar-refractivity contribution in [1.29, 1.82) is 0 Å². The molecule has 2 aromatic rings. The largest absolute Gasteiger partial charge is 0.467 e. The van der Waals surface area contributed by atoms with Crippen LogP contribution in [0.4, 0.5) is 0 Å². The number of rotatable bonds is 6. The molecule has 134 valence electrons. The summed E-state index contributed by atoms with van der Waals surface area (Å²) in [5.41, 5.74) is 0.919. The van der Waals surface area contributed by atoms with Gasteiger partial charge < -0.3 is 19.4 Å². The van der Waals surface area contributed by atoms with Gasteiger partial charge in [-0.05, 0) is 61.0 Å². The maximum absolute atomic E-state index is 6.32. The fourth-order valence-corrected chi connectivity index (χ4v) is 3.36. The fourth-order valence-electron chi connectivity index (χ4n) is 2.78. The predicted molar refractivity (Wildman–Crippen MR) is 104 cm³/mol. The van der Waals surface area contributed by atoms with Crippen LogP contribution in [0.5, 0.6) is 0 Å². The van der Waals surface area contributed by atoms with Crippen molar-refractivity contribution in [3.8, 4) is 0 Å². The van der Waals surface area contributed by atoms with E-state index in [2.05, 4.69) is 5.32 Å². The van der Waals surface area contributed by atoms with E-state index in [0.29, 0.717) is 34.8 Å². The highest BCUT2D eigenvalue weighted by atomic mass is 35.5. The van der Waals surface area contributed by atoms with E-state index in [1.54, 1.807) is 18.4 Å². The predicted octanol–water partition coefficient (Wildman–Crippen LogP) is 4.64. The number of furan rings is 1. The average molecular weight is 399 g/mol. The van der Waals surface area contributed by atoms with Crippen LogP contribution >= 0.6 is 35.4 Å². The molecule has 1 aliphatic rings. The van der Waals surface area contributed by atoms with Crippen molar-refractivity contribution in [2.24, 2.45) is 0 Å². The molecule has 0 bridgehead atoms. The van der Waals surface area contributed by atoms with E-state index < -0.39 is 0 Å². The number of nitrogens with zero attached hydrogens (tertiary/aromatic N) is 1. The smallest absolute Gasteiger partial charge is 0.169 e. The van der Waals surface area contributed by atoms with Crippen LogP contribution in [-0.2, 0) is 17.8 Å². The molecule has 0 spiro atoms. The van der Waals surface area contributed by atoms with Crippen molar-refractivity contribution < 1.29 is 9.15 Å². The van der Waals surface area contributed by atoms with E-state index in [-0.39, 0.29) is 6.10 Å². The topological polar surface area (TPSA) is 37.6 Å². The normalized spacial score (nSPS) is 16.8. The second-order valence-electron chi connectivity index (χ2n) is 5.99. The Labute approximate surface area is 163 Å². The lowest BCUT2D eigenvalue weighted by Crippen LogP contribution is -2.42. The van der Waals surface area contributed by atoms with Gasteiger partial charge in [-0.15, -0.1) is 0 Å². The van der Waals surface area contributed by atoms with Gasteiger partial charge in [-0.2, -0.15) is 0 Å². The number of ether oxygens (including phenoxy) is 1. The molecule has 0 aliphatic carbocycles. The Kier molecular flexibility index (Phi) is 6.59. The maximum Gasteiger partial charge on any atom is 0.169 e. The lowest BCUT2D eigenvalue weighted by molar-refractivity contribution is 0.113. The summed E-state index contributed by atoms with van der Waals surface area (Å²) in [6.45, 7) is 2.62. The number of nitrogens with one attached hydrogen (secondary N) is 1. The minimum absolute atomic E-state index is 0.221. The summed E-state index contributed by atoms with van der Waals surface area (Å²) in [5, 5.41) is 5.26. The molecule has 2 heterocycles. The van der Waals surface area contributed by atoms with Crippen LogP contribution in [0, 0.1) is 0 Å². The number of benzene rings is 1. The Morgan fingerprint density at radius 3 is 2.88 bits per heavy atom. The second-order valence-corrected chi connectivity index (χ2v) is 7.22. The van der Waals surface area contributed by atoms with E-state index in [9.17, 15) is 0 Å². The molecule has 4 nitrogen and oxygen atoms in total. The molecule has 1 saturated heterocycles. The van der Waals surface area contributed by atoms with Crippen molar-refractivity contribution in [3.63, 3.8) is 0 Å². The van der Waals surface area contributed by atoms with Gasteiger partial charge in [-0.3, -0.25) is 0 Å². The average Bonchev–Trinajstić information content (AvgIpc) is 3.29. The first-order valence-electron chi connectivity index (χ1n) is 8.22. The summed E-state index contributed by atoms with van der Waals surface area (Å²) >= 11 is 18.0. The summed E-state index contributed by atoms with van der Waals surface area (Å²) in [6, 6.07) is 9.23. The van der Waals surface area contributed by atoms with Crippen LogP contribution in [-0.4, -0.2) is 29.3 Å². The van der Waals surface area contributed by atoms with Crippen molar-refractivity contribution in [3.05, 3.63) is 58.0 Å². The van der Waals surface area contributed by atoms with Crippen molar-refractivity contribution in [2.75, 3.05) is 13.2 Å². The Bertz CT molecular complexity index is 703. The van der Waals surface area contributed by atoms with Crippen LogP contribution in [0.25, 0.3) is 0 Å². The Balaban J connectivity index is 1.69. The van der Waals surface area contributed by atoms with Gasteiger partial charge in [-0.1, -0.05) is 23.2 Å². The van der Waals surface area contributed by atoms with Crippen LogP contribution in [0.3, 0.4) is 0 Å². The molecule has 0 saturated carbocycles. The van der Waals surface area contributed by atoms with Gasteiger partial charge in [0.1, 0.15) is 5.76 Å². The van der Waals surface area contributed by atoms with Gasteiger partial charge >= 0.3 is 0 Å². The number of thiocarbonyl (C=S) groups is 1. The molecule has 0 radical (unpaired) electrons. The molecule has 7 heteroatoms. The van der Waals surface area contributed by atoms with Crippen LogP contribution in [0.2, 0.25) is 10.0 Å². The van der Waals surface area contributed by atoms with Crippen molar-refractivity contribution >= 4 is 40.5 Å². The van der Waals surface area contributed by atoms with E-state index >= 15 is 0 Å². The molecule has 1 N–H and O–H groups in total. The second kappa shape index (κ2) is 8.90. The third kappa shape index (κ3) is 5.35. The minimum Gasteiger partial charge on any atom is -0.467 e. The molecule has 1 aliphatic heterocycles. The van der Waals surface area contributed by atoms with Crippen molar-refractivity contribution in [1.82, 2.24) is 10.2 Å². The first-order chi connectivity index (χ1) is 12.1. The van der Waals surface area contributed by atoms with E-state index in [1.807, 2.05) is 23.1 Å². The van der Waals surface area contributed by atoms with Gasteiger partial charge in [0.2, 0.25) is 0 Å². The van der Waals surface area contributed by atoms with Gasteiger partial charge in [0, 0.05) is 29.7 Å². The highest BCUT2D eigenvalue weighted by molar-refractivity contribution is 7.80. The molecule has 1 atom stereocenters. The Morgan fingerprint density at radius 2 is 2.16 bits per heavy atom. The summed E-state index contributed by atoms with van der Waals surface area (Å²) in [6.07, 6.45) is 4.04. The van der Waals surface area contributed by atoms with Crippen LogP contribution < -0.4 is 5.32 Å². The van der Waals surface area contributed by atoms with Gasteiger partial charge in [0.05, 0.1) is 18.9 Å². The number of halogens is 2. The summed E-state index contributed by atoms with van der Waals surface area (Å²) in [5.74, 6) is 0.833. The molecule has 1 aromatic carbocycles. The summed E-state index contributed by atoms with van der Waals surface area (Å²) < 4.78 is 11.1. The molecule has 0 unspecified atom stereocenters. The van der Waals surface area contributed by atoms with E-state index in [1.165, 1.54) is 0 Å². The molecule has 3 rings (SSSR count). The van der Waals surface area contributed by atoms with Gasteiger partial charge in [0.25, 0.3) is 0 Å². The summed E-state index contributed by atoms with van der Waals surface area (Å²) in [4.78, 5) is 2.01. The zero-order chi connectivity index (χ0) is 17.6. The zero-order valence-electron chi connectivity index (χ0n) is 13.7. The molecule has 1 fully saturated rings. The first-order valence-corrected chi connectivity index (χ1v) is 9.39. The van der Waals surface area contributed by atoms with Crippen LogP contribution in [0.1, 0.15) is 24.2 Å². The van der Waals surface area contributed by atoms with Gasteiger partial charge in [0.15, 0.2) is 5.11 Å². The first kappa shape index (κ1) is 18.5. The molecular formula is C18H20Cl2N2O2S. The third-order valence-electron chi connectivity index (χ3n) is 4.09. The molecular weight excluding hydrogens is 379 g/mol. The number of hydrogen-bond donors (Lipinski definition) is 1. The highest BCUT2D eigenvalue weighted by Gasteiger charge is 2.19. The zero-order valence-corrected chi connectivity index (χ0v) is 16.0.